The molecule has 2 rings (SSSR count). The summed E-state index contributed by atoms with van der Waals surface area (Å²) < 4.78 is 25.5. The van der Waals surface area contributed by atoms with Gasteiger partial charge < -0.3 is 20.8 Å². The zero-order valence-electron chi connectivity index (χ0n) is 23.6. The van der Waals surface area contributed by atoms with Crippen molar-refractivity contribution < 1.29 is 28.2 Å². The molecule has 0 aromatic heterocycles. The van der Waals surface area contributed by atoms with Gasteiger partial charge in [-0.3, -0.25) is 9.59 Å². The number of benzene rings is 1. The van der Waals surface area contributed by atoms with Gasteiger partial charge in [-0.25, -0.2) is 8.42 Å². The number of rotatable bonds is 15. The molecule has 0 bridgehead atoms. The van der Waals surface area contributed by atoms with Gasteiger partial charge in [0.15, 0.2) is 9.84 Å². The van der Waals surface area contributed by atoms with E-state index < -0.39 is 57.1 Å². The van der Waals surface area contributed by atoms with Crippen LogP contribution in [0.2, 0.25) is 0 Å². The quantitative estimate of drug-likeness (QED) is 0.239. The highest BCUT2D eigenvalue weighted by atomic mass is 32.2. The molecule has 2 amide bonds. The van der Waals surface area contributed by atoms with Crippen LogP contribution < -0.4 is 10.6 Å². The highest BCUT2D eigenvalue weighted by Crippen LogP contribution is 2.28. The zero-order chi connectivity index (χ0) is 29.7. The lowest BCUT2D eigenvalue weighted by atomic mass is 9.82. The van der Waals surface area contributed by atoms with Crippen LogP contribution in [0.3, 0.4) is 0 Å². The third-order valence-electron chi connectivity index (χ3n) is 7.58. The van der Waals surface area contributed by atoms with Gasteiger partial charge in [0.05, 0.1) is 29.1 Å². The summed E-state index contributed by atoms with van der Waals surface area (Å²) in [7, 11) is -3.57. The fourth-order valence-electron chi connectivity index (χ4n) is 5.07. The Balaban J connectivity index is 2.23. The van der Waals surface area contributed by atoms with E-state index in [1.54, 1.807) is 13.8 Å². The van der Waals surface area contributed by atoms with Gasteiger partial charge in [-0.2, -0.15) is 0 Å². The molecular formula is C31H44N2O6S. The monoisotopic (exact) mass is 572 g/mol. The normalized spacial score (nSPS) is 18.0. The Morgan fingerprint density at radius 3 is 2.17 bits per heavy atom. The molecule has 1 fully saturated rings. The van der Waals surface area contributed by atoms with Crippen LogP contribution in [0.15, 0.2) is 30.3 Å². The average molecular weight is 573 g/mol. The highest BCUT2D eigenvalue weighted by Gasteiger charge is 2.34. The molecule has 0 spiro atoms. The summed E-state index contributed by atoms with van der Waals surface area (Å²) >= 11 is 0. The van der Waals surface area contributed by atoms with E-state index in [9.17, 15) is 28.2 Å². The van der Waals surface area contributed by atoms with Crippen LogP contribution >= 0.6 is 0 Å². The molecule has 9 heteroatoms. The van der Waals surface area contributed by atoms with Crippen LogP contribution in [-0.4, -0.2) is 65.7 Å². The van der Waals surface area contributed by atoms with Crippen molar-refractivity contribution in [2.24, 2.45) is 11.8 Å². The van der Waals surface area contributed by atoms with E-state index in [1.165, 1.54) is 0 Å². The van der Waals surface area contributed by atoms with Gasteiger partial charge in [-0.05, 0) is 38.2 Å². The maximum Gasteiger partial charge on any atom is 0.243 e. The SMILES string of the molecule is C#CC[C@H](NC(=O)[C@H](Cc1ccccc1)CS(=O)(=O)C(C)C)C(=O)N[C@@H](CC1CCCCC1)[C@@H](O)[C@@H](O)CC#C. The molecule has 0 aliphatic heterocycles. The summed E-state index contributed by atoms with van der Waals surface area (Å²) in [6.45, 7) is 3.13. The molecule has 0 saturated heterocycles. The van der Waals surface area contributed by atoms with E-state index in [0.717, 1.165) is 37.7 Å². The topological polar surface area (TPSA) is 133 Å². The first kappa shape index (κ1) is 33.4. The second-order valence-corrected chi connectivity index (χ2v) is 13.7. The van der Waals surface area contributed by atoms with Crippen LogP contribution in [0, 0.1) is 36.5 Å². The van der Waals surface area contributed by atoms with Gasteiger partial charge in [0.1, 0.15) is 12.1 Å². The molecule has 4 N–H and O–H groups in total. The molecule has 1 aliphatic carbocycles. The van der Waals surface area contributed by atoms with E-state index in [-0.39, 0.29) is 30.9 Å². The molecule has 0 unspecified atom stereocenters. The lowest BCUT2D eigenvalue weighted by Gasteiger charge is -2.33. The Morgan fingerprint density at radius 1 is 0.975 bits per heavy atom. The summed E-state index contributed by atoms with van der Waals surface area (Å²) in [6, 6.07) is 7.13. The van der Waals surface area contributed by atoms with Crippen LogP contribution in [0.25, 0.3) is 0 Å². The third kappa shape index (κ3) is 10.6. The van der Waals surface area contributed by atoms with Gasteiger partial charge in [0.2, 0.25) is 11.8 Å². The molecule has 1 aliphatic rings. The van der Waals surface area contributed by atoms with E-state index in [4.69, 9.17) is 12.8 Å². The fraction of sp³-hybridized carbons (Fsp3) is 0.613. The Hall–Kier alpha value is -2.85. The number of carbonyl (C=O) groups excluding carboxylic acids is 2. The van der Waals surface area contributed by atoms with Crippen LogP contribution in [0.4, 0.5) is 0 Å². The number of aliphatic hydroxyl groups is 2. The fourth-order valence-corrected chi connectivity index (χ4v) is 6.29. The Labute approximate surface area is 239 Å². The van der Waals surface area contributed by atoms with Crippen molar-refractivity contribution in [2.45, 2.75) is 101 Å². The van der Waals surface area contributed by atoms with Crippen molar-refractivity contribution in [3.8, 4) is 24.7 Å². The zero-order valence-corrected chi connectivity index (χ0v) is 24.4. The maximum atomic E-state index is 13.4. The number of amides is 2. The van der Waals surface area contributed by atoms with Crippen molar-refractivity contribution in [3.05, 3.63) is 35.9 Å². The number of nitrogens with one attached hydrogen (secondary N) is 2. The molecule has 1 aromatic carbocycles. The van der Waals surface area contributed by atoms with Crippen LogP contribution in [0.5, 0.6) is 0 Å². The number of hydrogen-bond donors (Lipinski definition) is 4. The summed E-state index contributed by atoms with van der Waals surface area (Å²) in [4.78, 5) is 26.8. The average Bonchev–Trinajstić information content (AvgIpc) is 2.92. The molecule has 1 aromatic rings. The first-order valence-corrected chi connectivity index (χ1v) is 15.8. The van der Waals surface area contributed by atoms with Crippen LogP contribution in [0.1, 0.15) is 70.8 Å². The van der Waals surface area contributed by atoms with E-state index in [0.29, 0.717) is 6.42 Å². The first-order chi connectivity index (χ1) is 19.0. The minimum Gasteiger partial charge on any atom is -0.389 e. The molecule has 220 valence electrons. The largest absolute Gasteiger partial charge is 0.389 e. The Morgan fingerprint density at radius 2 is 1.60 bits per heavy atom. The van der Waals surface area contributed by atoms with Crippen LogP contribution in [-0.2, 0) is 25.8 Å². The minimum atomic E-state index is -3.57. The maximum absolute atomic E-state index is 13.4. The first-order valence-electron chi connectivity index (χ1n) is 14.1. The summed E-state index contributed by atoms with van der Waals surface area (Å²) in [6.07, 6.45) is 13.9. The van der Waals surface area contributed by atoms with Gasteiger partial charge >= 0.3 is 0 Å². The summed E-state index contributed by atoms with van der Waals surface area (Å²) in [5.41, 5.74) is 0.790. The molecule has 1 saturated carbocycles. The molecule has 8 nitrogen and oxygen atoms in total. The van der Waals surface area contributed by atoms with E-state index in [1.807, 2.05) is 30.3 Å². The summed E-state index contributed by atoms with van der Waals surface area (Å²) in [5.74, 6) is 2.48. The van der Waals surface area contributed by atoms with Crippen molar-refractivity contribution in [3.63, 3.8) is 0 Å². The van der Waals surface area contributed by atoms with E-state index >= 15 is 0 Å². The number of hydrogen-bond acceptors (Lipinski definition) is 6. The number of aliphatic hydroxyl groups excluding tert-OH is 2. The van der Waals surface area contributed by atoms with Gasteiger partial charge in [-0.15, -0.1) is 24.7 Å². The van der Waals surface area contributed by atoms with Crippen molar-refractivity contribution in [1.29, 1.82) is 0 Å². The van der Waals surface area contributed by atoms with Gasteiger partial charge in [0.25, 0.3) is 0 Å². The Bertz CT molecular complexity index is 1130. The predicted octanol–water partition coefficient (Wildman–Crippen LogP) is 2.38. The third-order valence-corrected chi connectivity index (χ3v) is 9.88. The van der Waals surface area contributed by atoms with Crippen molar-refractivity contribution >= 4 is 21.7 Å². The highest BCUT2D eigenvalue weighted by molar-refractivity contribution is 7.92. The van der Waals surface area contributed by atoms with E-state index in [2.05, 4.69) is 22.5 Å². The smallest absolute Gasteiger partial charge is 0.243 e. The molecule has 0 radical (unpaired) electrons. The molecule has 0 heterocycles. The molecule has 40 heavy (non-hydrogen) atoms. The summed E-state index contributed by atoms with van der Waals surface area (Å²) in [5, 5.41) is 26.0. The minimum absolute atomic E-state index is 0.0752. The molecule has 5 atom stereocenters. The molecular weight excluding hydrogens is 528 g/mol. The standard InChI is InChI=1S/C31H44N2O6S/c1-5-13-26(31(37)33-27(29(35)28(34)14-6-2)20-24-17-11-8-12-18-24)32-30(36)25(21-40(38,39)22(3)4)19-23-15-9-7-10-16-23/h1-2,7,9-10,15-16,22,24-29,34-35H,8,11-14,17-21H2,3-4H3,(H,32,36)(H,33,37)/t25-,26+,27+,28+,29-/m1/s1. The second kappa shape index (κ2) is 16.4. The van der Waals surface area contributed by atoms with Crippen molar-refractivity contribution in [2.75, 3.05) is 5.75 Å². The van der Waals surface area contributed by atoms with Crippen molar-refractivity contribution in [1.82, 2.24) is 10.6 Å². The number of sulfone groups is 1. The Kier molecular flexibility index (Phi) is 13.7. The van der Waals surface area contributed by atoms with Gasteiger partial charge in [-0.1, -0.05) is 62.4 Å². The lowest BCUT2D eigenvalue weighted by molar-refractivity contribution is -0.132. The predicted molar refractivity (Wildman–Crippen MR) is 157 cm³/mol. The number of terminal acetylenes is 2. The number of carbonyl (C=O) groups is 2. The van der Waals surface area contributed by atoms with Gasteiger partial charge in [0, 0.05) is 12.8 Å². The second-order valence-electron chi connectivity index (χ2n) is 11.1. The lowest BCUT2D eigenvalue weighted by Crippen LogP contribution is -2.56.